The van der Waals surface area contributed by atoms with Crippen LogP contribution in [0.1, 0.15) is 62.6 Å². The van der Waals surface area contributed by atoms with Gasteiger partial charge in [-0.25, -0.2) is 4.99 Å². The maximum Gasteiger partial charge on any atom is 0.174 e. The predicted octanol–water partition coefficient (Wildman–Crippen LogP) is 6.92. The van der Waals surface area contributed by atoms with Crippen molar-refractivity contribution in [2.24, 2.45) is 16.3 Å². The molecule has 0 fully saturated rings. The van der Waals surface area contributed by atoms with Gasteiger partial charge in [0.05, 0.1) is 22.3 Å². The quantitative estimate of drug-likeness (QED) is 0.297. The highest BCUT2D eigenvalue weighted by molar-refractivity contribution is 14.1. The number of nitrogens with zero attached hydrogens (tertiary/aromatic N) is 2. The molecule has 1 aliphatic rings. The predicted molar refractivity (Wildman–Crippen MR) is 133 cm³/mol. The van der Waals surface area contributed by atoms with Crippen LogP contribution < -0.4 is 9.47 Å². The van der Waals surface area contributed by atoms with E-state index in [4.69, 9.17) is 14.5 Å². The lowest BCUT2D eigenvalue weighted by Crippen LogP contribution is -2.26. The summed E-state index contributed by atoms with van der Waals surface area (Å²) in [6, 6.07) is 6.40. The van der Waals surface area contributed by atoms with Crippen LogP contribution in [0.2, 0.25) is 0 Å². The summed E-state index contributed by atoms with van der Waals surface area (Å²) in [7, 11) is 0. The second kappa shape index (κ2) is 9.69. The Balaban J connectivity index is 1.92. The van der Waals surface area contributed by atoms with E-state index in [1.165, 1.54) is 10.4 Å². The van der Waals surface area contributed by atoms with Gasteiger partial charge in [0.2, 0.25) is 0 Å². The minimum atomic E-state index is 0.284. The number of halogens is 1. The van der Waals surface area contributed by atoms with Gasteiger partial charge < -0.3 is 9.47 Å². The average molecular weight is 536 g/mol. The normalized spacial score (nSPS) is 16.4. The number of benzene rings is 1. The first-order valence-corrected chi connectivity index (χ1v) is 12.4. The molecule has 0 amide bonds. The van der Waals surface area contributed by atoms with Crippen molar-refractivity contribution in [3.05, 3.63) is 37.3 Å². The first kappa shape index (κ1) is 23.1. The molecule has 0 spiro atoms. The Morgan fingerprint density at radius 1 is 1.27 bits per heavy atom. The van der Waals surface area contributed by atoms with E-state index in [-0.39, 0.29) is 5.41 Å². The van der Waals surface area contributed by atoms with Crippen LogP contribution >= 0.6 is 33.9 Å². The van der Waals surface area contributed by atoms with E-state index in [2.05, 4.69) is 49.4 Å². The van der Waals surface area contributed by atoms with E-state index in [0.717, 1.165) is 50.5 Å². The number of aliphatic imine (C=N–C) groups is 1. The second-order valence-corrected chi connectivity index (χ2v) is 10.8. The van der Waals surface area contributed by atoms with Crippen molar-refractivity contribution in [2.45, 2.75) is 53.9 Å². The van der Waals surface area contributed by atoms with Crippen LogP contribution in [-0.2, 0) is 12.8 Å². The number of hydrogen-bond acceptors (Lipinski definition) is 5. The minimum Gasteiger partial charge on any atom is -0.490 e. The van der Waals surface area contributed by atoms with E-state index < -0.39 is 0 Å². The van der Waals surface area contributed by atoms with Gasteiger partial charge in [0, 0.05) is 11.1 Å². The molecule has 0 radical (unpaired) electrons. The Kier molecular flexibility index (Phi) is 7.46. The lowest BCUT2D eigenvalue weighted by atomic mass is 9.72. The molecular weight excluding hydrogens is 507 g/mol. The molecule has 1 aliphatic carbocycles. The topological polar surface area (TPSA) is 54.6 Å². The van der Waals surface area contributed by atoms with Crippen LogP contribution in [0.15, 0.2) is 17.1 Å². The van der Waals surface area contributed by atoms with Crippen molar-refractivity contribution in [1.82, 2.24) is 0 Å². The van der Waals surface area contributed by atoms with Gasteiger partial charge in [-0.15, -0.1) is 11.3 Å². The Hall–Kier alpha value is -1.59. The smallest absolute Gasteiger partial charge is 0.174 e. The lowest BCUT2D eigenvalue weighted by Gasteiger charge is -2.33. The minimum absolute atomic E-state index is 0.284. The van der Waals surface area contributed by atoms with Crippen LogP contribution in [0.3, 0.4) is 0 Å². The maximum atomic E-state index is 9.78. The highest BCUT2D eigenvalue weighted by Crippen LogP contribution is 2.45. The zero-order chi connectivity index (χ0) is 21.9. The van der Waals surface area contributed by atoms with Gasteiger partial charge in [0.25, 0.3) is 0 Å². The third kappa shape index (κ3) is 5.00. The summed E-state index contributed by atoms with van der Waals surface area (Å²) < 4.78 is 12.5. The number of rotatable bonds is 6. The molecule has 160 valence electrons. The SMILES string of the molecule is CCOc1cc(C=Nc2sc3c(c2C#N)CC[C@@H](C(C)(C)C)C3)cc(I)c1OCC. The van der Waals surface area contributed by atoms with Crippen LogP contribution in [0.25, 0.3) is 0 Å². The summed E-state index contributed by atoms with van der Waals surface area (Å²) in [5.74, 6) is 2.15. The molecule has 0 bridgehead atoms. The molecule has 0 N–H and O–H groups in total. The molecule has 3 rings (SSSR count). The molecule has 2 aromatic rings. The fraction of sp³-hybridized carbons (Fsp3) is 0.500. The first-order chi connectivity index (χ1) is 14.3. The first-order valence-electron chi connectivity index (χ1n) is 10.5. The standard InChI is InChI=1S/C24H29IN2O2S/c1-6-28-20-11-15(10-19(25)22(20)29-7-2)14-27-23-18(13-26)17-9-8-16(24(3,4)5)12-21(17)30-23/h10-11,14,16H,6-9,12H2,1-5H3/t16-/m1/s1. The highest BCUT2D eigenvalue weighted by atomic mass is 127. The zero-order valence-corrected chi connectivity index (χ0v) is 21.3. The molecule has 30 heavy (non-hydrogen) atoms. The van der Waals surface area contributed by atoms with Crippen molar-refractivity contribution in [1.29, 1.82) is 5.26 Å². The highest BCUT2D eigenvalue weighted by Gasteiger charge is 2.32. The summed E-state index contributed by atoms with van der Waals surface area (Å²) >= 11 is 3.94. The summed E-state index contributed by atoms with van der Waals surface area (Å²) in [5.41, 5.74) is 3.19. The summed E-state index contributed by atoms with van der Waals surface area (Å²) in [5, 5.41) is 10.6. The van der Waals surface area contributed by atoms with Crippen molar-refractivity contribution < 1.29 is 9.47 Å². The van der Waals surface area contributed by atoms with Crippen LogP contribution in [-0.4, -0.2) is 19.4 Å². The van der Waals surface area contributed by atoms with Gasteiger partial charge in [-0.2, -0.15) is 5.26 Å². The van der Waals surface area contributed by atoms with E-state index >= 15 is 0 Å². The Morgan fingerprint density at radius 3 is 2.63 bits per heavy atom. The van der Waals surface area contributed by atoms with Gasteiger partial charge in [-0.1, -0.05) is 20.8 Å². The molecule has 1 aromatic heterocycles. The molecule has 0 saturated heterocycles. The number of fused-ring (bicyclic) bond motifs is 1. The van der Waals surface area contributed by atoms with Crippen LogP contribution in [0, 0.1) is 26.2 Å². The van der Waals surface area contributed by atoms with Gasteiger partial charge in [0.15, 0.2) is 11.5 Å². The maximum absolute atomic E-state index is 9.78. The molecular formula is C24H29IN2O2S. The Morgan fingerprint density at radius 2 is 2.00 bits per heavy atom. The monoisotopic (exact) mass is 536 g/mol. The van der Waals surface area contributed by atoms with Gasteiger partial charge in [-0.05, 0) is 90.3 Å². The van der Waals surface area contributed by atoms with E-state index in [0.29, 0.717) is 19.1 Å². The third-order valence-corrected chi connectivity index (χ3v) is 7.50. The Bertz CT molecular complexity index is 983. The zero-order valence-electron chi connectivity index (χ0n) is 18.3. The lowest BCUT2D eigenvalue weighted by molar-refractivity contribution is 0.218. The van der Waals surface area contributed by atoms with E-state index in [9.17, 15) is 5.26 Å². The Labute approximate surface area is 197 Å². The van der Waals surface area contributed by atoms with E-state index in [1.54, 1.807) is 11.3 Å². The molecule has 1 aromatic carbocycles. The van der Waals surface area contributed by atoms with Gasteiger partial charge >= 0.3 is 0 Å². The van der Waals surface area contributed by atoms with E-state index in [1.807, 2.05) is 32.2 Å². The fourth-order valence-corrected chi connectivity index (χ4v) is 5.86. The molecule has 0 unspecified atom stereocenters. The molecule has 1 heterocycles. The molecule has 0 saturated carbocycles. The van der Waals surface area contributed by atoms with Gasteiger partial charge in [-0.3, -0.25) is 0 Å². The number of hydrogen-bond donors (Lipinski definition) is 0. The van der Waals surface area contributed by atoms with Crippen molar-refractivity contribution in [3.63, 3.8) is 0 Å². The fourth-order valence-electron chi connectivity index (χ4n) is 3.86. The molecule has 0 aliphatic heterocycles. The van der Waals surface area contributed by atoms with Crippen molar-refractivity contribution in [3.8, 4) is 17.6 Å². The summed E-state index contributed by atoms with van der Waals surface area (Å²) in [6.07, 6.45) is 4.99. The summed E-state index contributed by atoms with van der Waals surface area (Å²) in [4.78, 5) is 6.06. The number of thiophene rings is 1. The van der Waals surface area contributed by atoms with Crippen molar-refractivity contribution in [2.75, 3.05) is 13.2 Å². The van der Waals surface area contributed by atoms with Crippen LogP contribution in [0.5, 0.6) is 11.5 Å². The third-order valence-electron chi connectivity index (χ3n) is 5.53. The average Bonchev–Trinajstić information content (AvgIpc) is 3.05. The molecule has 4 nitrogen and oxygen atoms in total. The van der Waals surface area contributed by atoms with Gasteiger partial charge in [0.1, 0.15) is 11.1 Å². The molecule has 6 heteroatoms. The number of nitriles is 1. The molecule has 1 atom stereocenters. The summed E-state index contributed by atoms with van der Waals surface area (Å²) in [6.45, 7) is 12.0. The van der Waals surface area contributed by atoms with Crippen LogP contribution in [0.4, 0.5) is 5.00 Å². The second-order valence-electron chi connectivity index (χ2n) is 8.56. The number of ether oxygens (including phenoxy) is 2. The van der Waals surface area contributed by atoms with Crippen molar-refractivity contribution >= 4 is 45.1 Å². The largest absolute Gasteiger partial charge is 0.490 e.